The van der Waals surface area contributed by atoms with Crippen LogP contribution in [0.3, 0.4) is 0 Å². The molecule has 110 valence electrons. The van der Waals surface area contributed by atoms with Crippen molar-refractivity contribution in [2.45, 2.75) is 17.9 Å². The van der Waals surface area contributed by atoms with Gasteiger partial charge >= 0.3 is 0 Å². The topological polar surface area (TPSA) is 132 Å². The van der Waals surface area contributed by atoms with Crippen LogP contribution >= 0.6 is 0 Å². The van der Waals surface area contributed by atoms with Crippen LogP contribution in [0.25, 0.3) is 0 Å². The quantitative estimate of drug-likeness (QED) is 0.625. The van der Waals surface area contributed by atoms with Crippen LogP contribution in [0.2, 0.25) is 0 Å². The molecule has 0 aromatic carbocycles. The molecule has 0 unspecified atom stereocenters. The maximum absolute atomic E-state index is 11.8. The van der Waals surface area contributed by atoms with Gasteiger partial charge in [0.2, 0.25) is 11.0 Å². The van der Waals surface area contributed by atoms with Crippen LogP contribution in [0.15, 0.2) is 21.6 Å². The van der Waals surface area contributed by atoms with Crippen LogP contribution in [-0.4, -0.2) is 33.3 Å². The second kappa shape index (κ2) is 5.73. The Morgan fingerprint density at radius 3 is 2.50 bits per heavy atom. The van der Waals surface area contributed by atoms with Gasteiger partial charge in [-0.1, -0.05) is 0 Å². The molecule has 4 N–H and O–H groups in total. The van der Waals surface area contributed by atoms with Crippen molar-refractivity contribution in [1.29, 1.82) is 0 Å². The molecule has 0 spiro atoms. The summed E-state index contributed by atoms with van der Waals surface area (Å²) in [5, 5.41) is 9.65. The van der Waals surface area contributed by atoms with E-state index in [1.807, 2.05) is 0 Å². The van der Waals surface area contributed by atoms with E-state index in [1.54, 1.807) is 0 Å². The lowest BCUT2D eigenvalue weighted by Crippen LogP contribution is -2.40. The Bertz CT molecular complexity index is 616. The molecule has 1 aliphatic rings. The zero-order valence-electron chi connectivity index (χ0n) is 10.6. The lowest BCUT2D eigenvalue weighted by Gasteiger charge is -2.20. The van der Waals surface area contributed by atoms with Gasteiger partial charge in [-0.2, -0.15) is 0 Å². The summed E-state index contributed by atoms with van der Waals surface area (Å²) < 4.78 is 26.8. The minimum absolute atomic E-state index is 0.229. The molecule has 2 rings (SSSR count). The smallest absolute Gasteiger partial charge is 0.293 e. The molecule has 0 saturated carbocycles. The molecule has 2 heterocycles. The summed E-state index contributed by atoms with van der Waals surface area (Å²) in [5.41, 5.74) is 0. The molecule has 1 aromatic heterocycles. The van der Waals surface area contributed by atoms with Crippen molar-refractivity contribution in [2.75, 3.05) is 13.1 Å². The van der Waals surface area contributed by atoms with Crippen LogP contribution in [0.5, 0.6) is 0 Å². The summed E-state index contributed by atoms with van der Waals surface area (Å²) in [6.07, 6.45) is 1.30. The zero-order chi connectivity index (χ0) is 14.8. The highest BCUT2D eigenvalue weighted by atomic mass is 32.2. The minimum Gasteiger partial charge on any atom is -0.438 e. The monoisotopic (exact) mass is 301 g/mol. The molecule has 1 saturated heterocycles. The highest BCUT2D eigenvalue weighted by Crippen LogP contribution is 2.14. The van der Waals surface area contributed by atoms with Crippen LogP contribution in [0.4, 0.5) is 0 Å². The highest BCUT2D eigenvalue weighted by molar-refractivity contribution is 7.89. The molecule has 0 aliphatic carbocycles. The first-order chi connectivity index (χ1) is 9.38. The fraction of sp³-hybridized carbons (Fsp3) is 0.455. The molecular weight excluding hydrogens is 286 g/mol. The third-order valence-electron chi connectivity index (χ3n) is 3.03. The van der Waals surface area contributed by atoms with Gasteiger partial charge < -0.3 is 9.73 Å². The largest absolute Gasteiger partial charge is 0.438 e. The average Bonchev–Trinajstić information content (AvgIpc) is 2.89. The molecule has 9 heteroatoms. The number of piperidine rings is 1. The molecule has 20 heavy (non-hydrogen) atoms. The summed E-state index contributed by atoms with van der Waals surface area (Å²) in [6.45, 7) is 1.45. The van der Waals surface area contributed by atoms with Crippen molar-refractivity contribution in [1.82, 2.24) is 10.6 Å². The van der Waals surface area contributed by atoms with Crippen molar-refractivity contribution in [2.24, 2.45) is 11.1 Å². The number of amides is 2. The lowest BCUT2D eigenvalue weighted by molar-refractivity contribution is -0.124. The lowest BCUT2D eigenvalue weighted by atomic mass is 9.97. The maximum atomic E-state index is 11.8. The molecule has 1 aromatic rings. The van der Waals surface area contributed by atoms with Crippen molar-refractivity contribution in [3.63, 3.8) is 0 Å². The Labute approximate surface area is 115 Å². The normalized spacial score (nSPS) is 16.9. The Hall–Kier alpha value is -1.71. The number of primary sulfonamides is 1. The number of sulfonamides is 1. The molecule has 1 fully saturated rings. The summed E-state index contributed by atoms with van der Waals surface area (Å²) in [4.78, 5) is 23.6. The summed E-state index contributed by atoms with van der Waals surface area (Å²) in [5.74, 6) is -1.65. The Morgan fingerprint density at radius 2 is 1.95 bits per heavy atom. The van der Waals surface area contributed by atoms with Crippen molar-refractivity contribution in [3.8, 4) is 0 Å². The third-order valence-corrected chi connectivity index (χ3v) is 3.81. The first kappa shape index (κ1) is 14.7. The number of nitrogens with one attached hydrogen (secondary N) is 2. The number of rotatable bonds is 3. The van der Waals surface area contributed by atoms with E-state index in [1.165, 1.54) is 0 Å². The number of hydrogen-bond donors (Lipinski definition) is 3. The van der Waals surface area contributed by atoms with Crippen molar-refractivity contribution in [3.05, 3.63) is 17.9 Å². The summed E-state index contributed by atoms with van der Waals surface area (Å²) in [7, 11) is -4.00. The first-order valence-electron chi connectivity index (χ1n) is 6.06. The predicted octanol–water partition coefficient (Wildman–Crippen LogP) is -0.817. The fourth-order valence-corrected chi connectivity index (χ4v) is 2.42. The second-order valence-electron chi connectivity index (χ2n) is 4.51. The standard InChI is InChI=1S/C11H15N3O5S/c12-20(17,18)9-2-1-8(19-9)11(16)14-10(15)7-3-5-13-6-4-7/h1-2,7,13H,3-6H2,(H2,12,17,18)(H,14,15,16). The van der Waals surface area contributed by atoms with Crippen molar-refractivity contribution < 1.29 is 22.4 Å². The Morgan fingerprint density at radius 1 is 1.30 bits per heavy atom. The number of nitrogens with two attached hydrogens (primary N) is 1. The number of hydrogen-bond acceptors (Lipinski definition) is 6. The van der Waals surface area contributed by atoms with E-state index >= 15 is 0 Å². The molecule has 8 nitrogen and oxygen atoms in total. The van der Waals surface area contributed by atoms with Crippen LogP contribution in [0, 0.1) is 5.92 Å². The Kier molecular flexibility index (Phi) is 4.21. The van der Waals surface area contributed by atoms with E-state index < -0.39 is 21.0 Å². The van der Waals surface area contributed by atoms with Crippen LogP contribution in [-0.2, 0) is 14.8 Å². The highest BCUT2D eigenvalue weighted by Gasteiger charge is 2.24. The molecule has 2 amide bonds. The maximum Gasteiger partial charge on any atom is 0.293 e. The van der Waals surface area contributed by atoms with Crippen LogP contribution < -0.4 is 15.8 Å². The first-order valence-corrected chi connectivity index (χ1v) is 7.61. The van der Waals surface area contributed by atoms with Gasteiger partial charge in [-0.15, -0.1) is 0 Å². The number of imide groups is 1. The van der Waals surface area contributed by atoms with Gasteiger partial charge in [0.1, 0.15) is 0 Å². The molecular formula is C11H15N3O5S. The van der Waals surface area contributed by atoms with E-state index in [9.17, 15) is 18.0 Å². The van der Waals surface area contributed by atoms with E-state index in [0.717, 1.165) is 25.2 Å². The molecule has 0 bridgehead atoms. The molecule has 0 radical (unpaired) electrons. The van der Waals surface area contributed by atoms with Gasteiger partial charge in [0.25, 0.3) is 15.9 Å². The molecule has 1 aliphatic heterocycles. The van der Waals surface area contributed by atoms with E-state index in [0.29, 0.717) is 12.8 Å². The third kappa shape index (κ3) is 3.44. The number of furan rings is 1. The summed E-state index contributed by atoms with van der Waals surface area (Å²) in [6, 6.07) is 2.23. The molecule has 0 atom stereocenters. The SMILES string of the molecule is NS(=O)(=O)c1ccc(C(=O)NC(=O)C2CCNCC2)o1. The van der Waals surface area contributed by atoms with E-state index in [2.05, 4.69) is 10.6 Å². The number of carbonyl (C=O) groups excluding carboxylic acids is 2. The number of carbonyl (C=O) groups is 2. The fourth-order valence-electron chi connectivity index (χ4n) is 1.95. The second-order valence-corrected chi connectivity index (χ2v) is 6.00. The average molecular weight is 301 g/mol. The minimum atomic E-state index is -4.00. The van der Waals surface area contributed by atoms with Gasteiger partial charge in [-0.05, 0) is 38.1 Å². The zero-order valence-corrected chi connectivity index (χ0v) is 11.4. The van der Waals surface area contributed by atoms with Gasteiger partial charge in [0.05, 0.1) is 0 Å². The van der Waals surface area contributed by atoms with Gasteiger partial charge in [-0.3, -0.25) is 14.9 Å². The Balaban J connectivity index is 2.01. The van der Waals surface area contributed by atoms with Crippen LogP contribution in [0.1, 0.15) is 23.4 Å². The van der Waals surface area contributed by atoms with E-state index in [4.69, 9.17) is 9.56 Å². The van der Waals surface area contributed by atoms with Crippen molar-refractivity contribution >= 4 is 21.8 Å². The van der Waals surface area contributed by atoms with E-state index in [-0.39, 0.29) is 17.6 Å². The summed E-state index contributed by atoms with van der Waals surface area (Å²) >= 11 is 0. The van der Waals surface area contributed by atoms with Gasteiger partial charge in [-0.25, -0.2) is 13.6 Å². The predicted molar refractivity (Wildman–Crippen MR) is 68.1 cm³/mol. The van der Waals surface area contributed by atoms with Gasteiger partial charge in [0.15, 0.2) is 5.76 Å². The van der Waals surface area contributed by atoms with Gasteiger partial charge in [0, 0.05) is 5.92 Å².